The van der Waals surface area contributed by atoms with Gasteiger partial charge in [0, 0.05) is 24.1 Å². The van der Waals surface area contributed by atoms with Crippen LogP contribution < -0.4 is 27.4 Å². The number of carbonyl (C=O) groups is 5. The van der Waals surface area contributed by atoms with Gasteiger partial charge in [-0.3, -0.25) is 19.2 Å². The zero-order chi connectivity index (χ0) is 25.1. The number of nitrogens with zero attached hydrogens (tertiary/aromatic N) is 1. The van der Waals surface area contributed by atoms with Crippen LogP contribution in [0, 0.1) is 5.92 Å². The first-order valence-corrected chi connectivity index (χ1v) is 10.9. The molecule has 33 heavy (non-hydrogen) atoms. The Morgan fingerprint density at radius 1 is 1.12 bits per heavy atom. The van der Waals surface area contributed by atoms with E-state index in [1.165, 1.54) is 12.5 Å². The minimum absolute atomic E-state index is 0.00982. The molecule has 0 aromatic carbocycles. The Kier molecular flexibility index (Phi) is 11.4. The lowest BCUT2D eigenvalue weighted by Crippen LogP contribution is -2.59. The molecule has 184 valence electrons. The maximum Gasteiger partial charge on any atom is 0.327 e. The van der Waals surface area contributed by atoms with E-state index in [0.29, 0.717) is 12.1 Å². The number of hydrogen-bond acceptors (Lipinski definition) is 8. The van der Waals surface area contributed by atoms with E-state index in [9.17, 15) is 29.1 Å². The maximum atomic E-state index is 13.1. The highest BCUT2D eigenvalue weighted by atomic mass is 32.1. The highest BCUT2D eigenvalue weighted by Gasteiger charge is 2.32. The normalized spacial score (nSPS) is 15.4. The van der Waals surface area contributed by atoms with E-state index >= 15 is 0 Å². The van der Waals surface area contributed by atoms with E-state index < -0.39 is 60.2 Å². The average molecular weight is 486 g/mol. The number of hydrogen-bond donors (Lipinski definition) is 8. The van der Waals surface area contributed by atoms with Crippen molar-refractivity contribution in [1.29, 1.82) is 0 Å². The van der Waals surface area contributed by atoms with Crippen molar-refractivity contribution in [1.82, 2.24) is 25.9 Å². The number of carboxylic acids is 1. The fourth-order valence-electron chi connectivity index (χ4n) is 2.82. The third-order valence-corrected chi connectivity index (χ3v) is 5.33. The molecule has 4 amide bonds. The number of amides is 4. The molecule has 0 saturated heterocycles. The van der Waals surface area contributed by atoms with Crippen LogP contribution in [-0.2, 0) is 30.4 Å². The van der Waals surface area contributed by atoms with Gasteiger partial charge in [-0.05, 0) is 5.92 Å². The summed E-state index contributed by atoms with van der Waals surface area (Å²) in [5.74, 6) is -4.72. The fourth-order valence-corrected chi connectivity index (χ4v) is 3.06. The molecule has 5 atom stereocenters. The van der Waals surface area contributed by atoms with Crippen LogP contribution >= 0.6 is 12.6 Å². The molecular formula is C19H31N7O6S. The lowest BCUT2D eigenvalue weighted by Gasteiger charge is -2.27. The summed E-state index contributed by atoms with van der Waals surface area (Å²) in [7, 11) is 0. The predicted molar refractivity (Wildman–Crippen MR) is 121 cm³/mol. The molecule has 0 aliphatic heterocycles. The number of imidazole rings is 1. The molecule has 0 fully saturated rings. The van der Waals surface area contributed by atoms with Gasteiger partial charge < -0.3 is 37.5 Å². The number of aromatic amines is 1. The SMILES string of the molecule is CCC(C)C(NC(=O)C(Cc1cnc[nH]1)NC(=O)C(N)CC(N)=O)C(=O)NC(CS)C(=O)O. The van der Waals surface area contributed by atoms with Gasteiger partial charge in [-0.1, -0.05) is 20.3 Å². The molecule has 1 heterocycles. The van der Waals surface area contributed by atoms with Crippen LogP contribution in [0.25, 0.3) is 0 Å². The third-order valence-electron chi connectivity index (χ3n) is 4.96. The van der Waals surface area contributed by atoms with Crippen molar-refractivity contribution in [2.75, 3.05) is 5.75 Å². The lowest BCUT2D eigenvalue weighted by molar-refractivity contribution is -0.142. The summed E-state index contributed by atoms with van der Waals surface area (Å²) in [6, 6.07) is -4.75. The molecule has 1 aromatic rings. The summed E-state index contributed by atoms with van der Waals surface area (Å²) in [4.78, 5) is 67.2. The molecule has 14 heteroatoms. The molecule has 0 aliphatic carbocycles. The van der Waals surface area contributed by atoms with Gasteiger partial charge in [-0.2, -0.15) is 12.6 Å². The molecule has 0 spiro atoms. The van der Waals surface area contributed by atoms with Crippen LogP contribution in [0.5, 0.6) is 0 Å². The Morgan fingerprint density at radius 2 is 1.76 bits per heavy atom. The average Bonchev–Trinajstić information content (AvgIpc) is 3.26. The Balaban J connectivity index is 3.05. The minimum atomic E-state index is -1.26. The smallest absolute Gasteiger partial charge is 0.327 e. The number of carboxylic acid groups (broad SMARTS) is 1. The standard InChI is InChI=1S/C19H31N7O6S/c1-3-9(2)15(18(30)25-13(7-33)19(31)32)26-17(29)12(4-10-6-22-8-23-10)24-16(28)11(20)5-14(21)27/h6,8-9,11-13,15,33H,3-5,7,20H2,1-2H3,(H2,21,27)(H,22,23)(H,24,28)(H,25,30)(H,26,29)(H,31,32). The molecule has 5 unspecified atom stereocenters. The molecule has 0 saturated carbocycles. The molecule has 0 radical (unpaired) electrons. The second-order valence-electron chi connectivity index (χ2n) is 7.57. The molecule has 13 nitrogen and oxygen atoms in total. The number of aromatic nitrogens is 2. The predicted octanol–water partition coefficient (Wildman–Crippen LogP) is -2.33. The van der Waals surface area contributed by atoms with Crippen molar-refractivity contribution in [3.05, 3.63) is 18.2 Å². The van der Waals surface area contributed by atoms with Crippen molar-refractivity contribution in [3.63, 3.8) is 0 Å². The molecular weight excluding hydrogens is 454 g/mol. The quantitative estimate of drug-likeness (QED) is 0.133. The topological polar surface area (TPSA) is 222 Å². The number of nitrogens with one attached hydrogen (secondary N) is 4. The molecule has 1 rings (SSSR count). The zero-order valence-corrected chi connectivity index (χ0v) is 19.3. The van der Waals surface area contributed by atoms with Gasteiger partial charge in [0.25, 0.3) is 0 Å². The molecule has 0 aliphatic rings. The maximum absolute atomic E-state index is 13.1. The Morgan fingerprint density at radius 3 is 2.24 bits per heavy atom. The summed E-state index contributed by atoms with van der Waals surface area (Å²) in [5.41, 5.74) is 11.3. The first kappa shape index (κ1) is 27.9. The summed E-state index contributed by atoms with van der Waals surface area (Å²) in [6.45, 7) is 3.52. The van der Waals surface area contributed by atoms with Crippen LogP contribution in [0.1, 0.15) is 32.4 Å². The van der Waals surface area contributed by atoms with Crippen LogP contribution in [0.2, 0.25) is 0 Å². The first-order valence-electron chi connectivity index (χ1n) is 10.3. The second-order valence-corrected chi connectivity index (χ2v) is 7.94. The van der Waals surface area contributed by atoms with Crippen molar-refractivity contribution >= 4 is 42.2 Å². The number of carbonyl (C=O) groups excluding carboxylic acids is 4. The van der Waals surface area contributed by atoms with E-state index in [1.807, 2.05) is 0 Å². The molecule has 9 N–H and O–H groups in total. The minimum Gasteiger partial charge on any atom is -0.480 e. The largest absolute Gasteiger partial charge is 0.480 e. The first-order chi connectivity index (χ1) is 15.5. The van der Waals surface area contributed by atoms with Gasteiger partial charge in [-0.25, -0.2) is 9.78 Å². The highest BCUT2D eigenvalue weighted by Crippen LogP contribution is 2.10. The van der Waals surface area contributed by atoms with E-state index in [1.54, 1.807) is 13.8 Å². The van der Waals surface area contributed by atoms with Crippen molar-refractivity contribution < 1.29 is 29.1 Å². The second kappa shape index (κ2) is 13.4. The number of nitrogens with two attached hydrogens (primary N) is 2. The summed E-state index contributed by atoms with van der Waals surface area (Å²) in [5, 5.41) is 16.6. The molecule has 0 bridgehead atoms. The van der Waals surface area contributed by atoms with Crippen molar-refractivity contribution in [2.45, 2.75) is 57.3 Å². The number of rotatable bonds is 14. The fraction of sp³-hybridized carbons (Fsp3) is 0.579. The monoisotopic (exact) mass is 485 g/mol. The summed E-state index contributed by atoms with van der Waals surface area (Å²) >= 11 is 3.92. The van der Waals surface area contributed by atoms with Gasteiger partial charge in [0.15, 0.2) is 0 Å². The number of H-pyrrole nitrogens is 1. The van der Waals surface area contributed by atoms with E-state index in [2.05, 4.69) is 38.5 Å². The Bertz CT molecular complexity index is 835. The lowest BCUT2D eigenvalue weighted by atomic mass is 9.97. The van der Waals surface area contributed by atoms with Crippen LogP contribution in [-0.4, -0.2) is 74.6 Å². The van der Waals surface area contributed by atoms with Crippen molar-refractivity contribution in [2.24, 2.45) is 17.4 Å². The molecule has 1 aromatic heterocycles. The van der Waals surface area contributed by atoms with Gasteiger partial charge in [0.05, 0.1) is 18.8 Å². The van der Waals surface area contributed by atoms with Crippen LogP contribution in [0.15, 0.2) is 12.5 Å². The van der Waals surface area contributed by atoms with Gasteiger partial charge in [0.2, 0.25) is 23.6 Å². The van der Waals surface area contributed by atoms with Crippen molar-refractivity contribution in [3.8, 4) is 0 Å². The zero-order valence-electron chi connectivity index (χ0n) is 18.4. The summed E-state index contributed by atoms with van der Waals surface area (Å²) in [6.07, 6.45) is 2.92. The Hall–Kier alpha value is -3.13. The van der Waals surface area contributed by atoms with E-state index in [0.717, 1.165) is 0 Å². The van der Waals surface area contributed by atoms with Gasteiger partial charge in [-0.15, -0.1) is 0 Å². The van der Waals surface area contributed by atoms with Crippen LogP contribution in [0.3, 0.4) is 0 Å². The van der Waals surface area contributed by atoms with E-state index in [4.69, 9.17) is 11.5 Å². The van der Waals surface area contributed by atoms with Gasteiger partial charge >= 0.3 is 5.97 Å². The Labute approximate surface area is 196 Å². The van der Waals surface area contributed by atoms with E-state index in [-0.39, 0.29) is 18.1 Å². The number of primary amides is 1. The van der Waals surface area contributed by atoms with Crippen LogP contribution in [0.4, 0.5) is 0 Å². The number of thiol groups is 1. The van der Waals surface area contributed by atoms with Gasteiger partial charge in [0.1, 0.15) is 18.1 Å². The summed E-state index contributed by atoms with van der Waals surface area (Å²) < 4.78 is 0. The highest BCUT2D eigenvalue weighted by molar-refractivity contribution is 7.80. The number of aliphatic carboxylic acids is 1. The third kappa shape index (κ3) is 9.10.